The molecule has 0 aliphatic rings. The van der Waals surface area contributed by atoms with Crippen LogP contribution in [-0.2, 0) is 0 Å². The minimum atomic E-state index is 1.15. The molecule has 0 N–H and O–H groups in total. The van der Waals surface area contributed by atoms with E-state index in [4.69, 9.17) is 0 Å². The van der Waals surface area contributed by atoms with E-state index in [-0.39, 0.29) is 0 Å². The van der Waals surface area contributed by atoms with Gasteiger partial charge in [0.1, 0.15) is 0 Å². The summed E-state index contributed by atoms with van der Waals surface area (Å²) in [5.41, 5.74) is 13.4. The lowest BCUT2D eigenvalue weighted by molar-refractivity contribution is 1.18. The van der Waals surface area contributed by atoms with Gasteiger partial charge in [-0.1, -0.05) is 121 Å². The molecule has 12 rings (SSSR count). The number of nitrogens with zero attached hydrogens (tertiary/aromatic N) is 3. The summed E-state index contributed by atoms with van der Waals surface area (Å²) >= 11 is 0. The van der Waals surface area contributed by atoms with E-state index in [1.54, 1.807) is 0 Å². The molecule has 3 nitrogen and oxygen atoms in total. The van der Waals surface area contributed by atoms with Crippen molar-refractivity contribution in [2.75, 3.05) is 0 Å². The van der Waals surface area contributed by atoms with Crippen molar-refractivity contribution < 1.29 is 0 Å². The molecule has 0 aliphatic carbocycles. The van der Waals surface area contributed by atoms with E-state index in [1.165, 1.54) is 98.5 Å². The number of benzene rings is 8. The average molecular weight is 648 g/mol. The summed E-state index contributed by atoms with van der Waals surface area (Å²) in [4.78, 5) is 0. The topological polar surface area (TPSA) is 14.3 Å². The van der Waals surface area contributed by atoms with Crippen LogP contribution in [0.25, 0.3) is 104 Å². The molecule has 0 bridgehead atoms. The van der Waals surface area contributed by atoms with Crippen LogP contribution in [0.1, 0.15) is 0 Å². The Morgan fingerprint density at radius 1 is 0.275 bits per heavy atom. The lowest BCUT2D eigenvalue weighted by Crippen LogP contribution is -1.96. The molecule has 0 aliphatic heterocycles. The lowest BCUT2D eigenvalue weighted by atomic mass is 10.1. The first kappa shape index (κ1) is 27.0. The number of para-hydroxylation sites is 4. The van der Waals surface area contributed by atoms with Crippen molar-refractivity contribution in [2.24, 2.45) is 0 Å². The largest absolute Gasteiger partial charge is 0.309 e. The van der Waals surface area contributed by atoms with Crippen molar-refractivity contribution in [3.8, 4) is 22.5 Å². The minimum absolute atomic E-state index is 1.15. The summed E-state index contributed by atoms with van der Waals surface area (Å²) < 4.78 is 7.43. The smallest absolute Gasteiger partial charge is 0.0641 e. The SMILES string of the molecule is c1ccc(-c2ccc(-n3c4ccccc4c4c3ccc3c5ccccc5n(-c5cc6c7ccccc7n7c8ccccc8c(c5)c67)c34)cc2)cc1. The average Bonchev–Trinajstić information content (AvgIpc) is 3.92. The number of fused-ring (bicyclic) bond motifs is 13. The van der Waals surface area contributed by atoms with Gasteiger partial charge in [-0.15, -0.1) is 0 Å². The third-order valence-corrected chi connectivity index (χ3v) is 11.1. The van der Waals surface area contributed by atoms with E-state index >= 15 is 0 Å². The van der Waals surface area contributed by atoms with Gasteiger partial charge < -0.3 is 13.5 Å². The predicted octanol–water partition coefficient (Wildman–Crippen LogP) is 12.7. The molecule has 0 saturated heterocycles. The van der Waals surface area contributed by atoms with Gasteiger partial charge in [0.2, 0.25) is 0 Å². The third kappa shape index (κ3) is 3.52. The van der Waals surface area contributed by atoms with Crippen LogP contribution < -0.4 is 0 Å². The zero-order valence-corrected chi connectivity index (χ0v) is 27.6. The molecule has 12 aromatic rings. The molecule has 0 amide bonds. The van der Waals surface area contributed by atoms with Crippen LogP contribution in [0.15, 0.2) is 176 Å². The van der Waals surface area contributed by atoms with Gasteiger partial charge in [0.25, 0.3) is 0 Å². The van der Waals surface area contributed by atoms with Gasteiger partial charge in [-0.25, -0.2) is 0 Å². The number of aromatic nitrogens is 3. The van der Waals surface area contributed by atoms with Crippen molar-refractivity contribution in [2.45, 2.75) is 0 Å². The van der Waals surface area contributed by atoms with E-state index in [0.717, 1.165) is 5.69 Å². The molecular formula is C48H29N3. The molecule has 0 spiro atoms. The molecule has 0 unspecified atom stereocenters. The van der Waals surface area contributed by atoms with Crippen molar-refractivity contribution in [1.29, 1.82) is 0 Å². The van der Waals surface area contributed by atoms with Crippen LogP contribution >= 0.6 is 0 Å². The fourth-order valence-electron chi connectivity index (χ4n) is 9.05. The van der Waals surface area contributed by atoms with Gasteiger partial charge >= 0.3 is 0 Å². The minimum Gasteiger partial charge on any atom is -0.309 e. The highest BCUT2D eigenvalue weighted by Gasteiger charge is 2.23. The van der Waals surface area contributed by atoms with Gasteiger partial charge in [-0.3, -0.25) is 0 Å². The summed E-state index contributed by atoms with van der Waals surface area (Å²) in [7, 11) is 0. The second-order valence-corrected chi connectivity index (χ2v) is 13.7. The fraction of sp³-hybridized carbons (Fsp3) is 0. The monoisotopic (exact) mass is 647 g/mol. The second-order valence-electron chi connectivity index (χ2n) is 13.7. The van der Waals surface area contributed by atoms with Gasteiger partial charge in [0, 0.05) is 54.5 Å². The fourth-order valence-corrected chi connectivity index (χ4v) is 9.05. The van der Waals surface area contributed by atoms with Crippen molar-refractivity contribution in [1.82, 2.24) is 13.5 Å². The maximum atomic E-state index is 2.53. The summed E-state index contributed by atoms with van der Waals surface area (Å²) in [6, 6.07) is 64.6. The highest BCUT2D eigenvalue weighted by Crippen LogP contribution is 2.45. The number of hydrogen-bond donors (Lipinski definition) is 0. The van der Waals surface area contributed by atoms with E-state index in [9.17, 15) is 0 Å². The van der Waals surface area contributed by atoms with Gasteiger partial charge in [0.15, 0.2) is 0 Å². The van der Waals surface area contributed by atoms with Crippen LogP contribution in [0.2, 0.25) is 0 Å². The molecule has 51 heavy (non-hydrogen) atoms. The van der Waals surface area contributed by atoms with Crippen LogP contribution in [0.4, 0.5) is 0 Å². The van der Waals surface area contributed by atoms with Crippen LogP contribution in [0.3, 0.4) is 0 Å². The molecule has 0 radical (unpaired) electrons. The molecule has 0 saturated carbocycles. The first-order valence-corrected chi connectivity index (χ1v) is 17.6. The summed E-state index contributed by atoms with van der Waals surface area (Å²) in [5, 5.41) is 10.2. The Morgan fingerprint density at radius 2 is 0.784 bits per heavy atom. The first-order valence-electron chi connectivity index (χ1n) is 17.6. The normalized spacial score (nSPS) is 12.3. The Labute approximate surface area is 292 Å². The second kappa shape index (κ2) is 9.87. The first-order chi connectivity index (χ1) is 25.3. The predicted molar refractivity (Wildman–Crippen MR) is 215 cm³/mol. The Balaban J connectivity index is 1.22. The van der Waals surface area contributed by atoms with E-state index in [1.807, 2.05) is 0 Å². The van der Waals surface area contributed by atoms with Crippen molar-refractivity contribution in [3.05, 3.63) is 176 Å². The summed E-state index contributed by atoms with van der Waals surface area (Å²) in [5.74, 6) is 0. The number of hydrogen-bond acceptors (Lipinski definition) is 0. The maximum absolute atomic E-state index is 2.53. The van der Waals surface area contributed by atoms with Gasteiger partial charge in [0.05, 0.1) is 38.6 Å². The van der Waals surface area contributed by atoms with Gasteiger partial charge in [-0.05, 0) is 65.7 Å². The summed E-state index contributed by atoms with van der Waals surface area (Å²) in [6.45, 7) is 0. The zero-order valence-electron chi connectivity index (χ0n) is 27.6. The molecule has 3 heteroatoms. The van der Waals surface area contributed by atoms with Crippen molar-refractivity contribution in [3.63, 3.8) is 0 Å². The van der Waals surface area contributed by atoms with Crippen LogP contribution in [-0.4, -0.2) is 13.5 Å². The van der Waals surface area contributed by atoms with E-state index in [2.05, 4.69) is 189 Å². The van der Waals surface area contributed by atoms with Crippen LogP contribution in [0.5, 0.6) is 0 Å². The van der Waals surface area contributed by atoms with E-state index < -0.39 is 0 Å². The van der Waals surface area contributed by atoms with Crippen molar-refractivity contribution >= 4 is 81.7 Å². The molecule has 0 fully saturated rings. The molecule has 0 atom stereocenters. The highest BCUT2D eigenvalue weighted by molar-refractivity contribution is 6.27. The Hall–Kier alpha value is -6.84. The van der Waals surface area contributed by atoms with Crippen LogP contribution in [0, 0.1) is 0 Å². The summed E-state index contributed by atoms with van der Waals surface area (Å²) in [6.07, 6.45) is 0. The molecule has 4 aromatic heterocycles. The Bertz CT molecular complexity index is 3250. The molecule has 8 aromatic carbocycles. The lowest BCUT2D eigenvalue weighted by Gasteiger charge is -2.11. The molecular weight excluding hydrogens is 619 g/mol. The Kier molecular flexibility index (Phi) is 5.23. The standard InChI is InChI=1S/C48H29N3/c1-2-12-30(13-3-1)31-22-24-32(25-23-31)49-44-21-11-7-17-38(44)46-45(49)27-26-37-34-14-4-8-18-41(34)50(48(37)46)33-28-39-35-15-5-9-19-42(35)51-43-20-10-6-16-36(43)40(29-33)47(39)51/h1-29H. The molecule has 4 heterocycles. The van der Waals surface area contributed by atoms with Gasteiger partial charge in [-0.2, -0.15) is 0 Å². The Morgan fingerprint density at radius 3 is 1.43 bits per heavy atom. The highest BCUT2D eigenvalue weighted by atomic mass is 15.0. The number of rotatable bonds is 3. The maximum Gasteiger partial charge on any atom is 0.0641 e. The third-order valence-electron chi connectivity index (χ3n) is 11.1. The zero-order chi connectivity index (χ0) is 33.2. The van der Waals surface area contributed by atoms with E-state index in [0.29, 0.717) is 0 Å². The quantitative estimate of drug-likeness (QED) is 0.181. The molecule has 236 valence electrons.